The molecule has 0 fully saturated rings. The lowest BCUT2D eigenvalue weighted by atomic mass is 9.99. The normalized spacial score (nSPS) is 11.2. The molecule has 0 aliphatic heterocycles. The quantitative estimate of drug-likeness (QED) is 0.265. The molecule has 6 aromatic rings. The fourth-order valence-corrected chi connectivity index (χ4v) is 5.72. The third-order valence-electron chi connectivity index (χ3n) is 6.55. The summed E-state index contributed by atoms with van der Waals surface area (Å²) in [4.78, 5) is 23.1. The number of fused-ring (bicyclic) bond motifs is 2. The third kappa shape index (κ3) is 4.50. The van der Waals surface area contributed by atoms with Gasteiger partial charge in [-0.3, -0.25) is 4.79 Å². The van der Waals surface area contributed by atoms with Gasteiger partial charge >= 0.3 is 0 Å². The Morgan fingerprint density at radius 3 is 2.32 bits per heavy atom. The van der Waals surface area contributed by atoms with Gasteiger partial charge in [0.2, 0.25) is 0 Å². The van der Waals surface area contributed by atoms with Gasteiger partial charge < -0.3 is 5.32 Å². The molecule has 37 heavy (non-hydrogen) atoms. The number of thiazole rings is 1. The Morgan fingerprint density at radius 2 is 1.51 bits per heavy atom. The van der Waals surface area contributed by atoms with E-state index in [-0.39, 0.29) is 5.91 Å². The van der Waals surface area contributed by atoms with Crippen molar-refractivity contribution in [2.75, 3.05) is 5.32 Å². The van der Waals surface area contributed by atoms with Gasteiger partial charge in [-0.1, -0.05) is 48.0 Å². The Bertz CT molecular complexity index is 1800. The zero-order valence-corrected chi connectivity index (χ0v) is 21.7. The van der Waals surface area contributed by atoms with E-state index >= 15 is 0 Å². The fraction of sp³-hybridized carbons (Fsp3) is 0.0938. The Kier molecular flexibility index (Phi) is 5.78. The first kappa shape index (κ1) is 23.1. The van der Waals surface area contributed by atoms with E-state index in [4.69, 9.17) is 9.97 Å². The van der Waals surface area contributed by atoms with E-state index < -0.39 is 0 Å². The van der Waals surface area contributed by atoms with Crippen LogP contribution >= 0.6 is 11.3 Å². The van der Waals surface area contributed by atoms with Crippen LogP contribution in [0, 0.1) is 20.8 Å². The average Bonchev–Trinajstić information content (AvgIpc) is 3.31. The summed E-state index contributed by atoms with van der Waals surface area (Å²) in [6.07, 6.45) is 0. The monoisotopic (exact) mass is 499 g/mol. The number of amides is 1. The van der Waals surface area contributed by atoms with E-state index in [1.165, 1.54) is 15.8 Å². The highest BCUT2D eigenvalue weighted by atomic mass is 32.1. The third-order valence-corrected chi connectivity index (χ3v) is 7.62. The highest BCUT2D eigenvalue weighted by Gasteiger charge is 2.16. The topological polar surface area (TPSA) is 54.9 Å². The first-order valence-electron chi connectivity index (χ1n) is 12.2. The van der Waals surface area contributed by atoms with Crippen LogP contribution < -0.4 is 5.32 Å². The summed E-state index contributed by atoms with van der Waals surface area (Å²) in [6.45, 7) is 6.24. The number of para-hydroxylation sites is 1. The van der Waals surface area contributed by atoms with Crippen molar-refractivity contribution < 1.29 is 4.79 Å². The van der Waals surface area contributed by atoms with E-state index in [2.05, 4.69) is 62.5 Å². The van der Waals surface area contributed by atoms with Crippen molar-refractivity contribution in [3.63, 3.8) is 0 Å². The number of anilines is 1. The zero-order valence-electron chi connectivity index (χ0n) is 20.9. The number of carbonyl (C=O) groups excluding carboxylic acids is 1. The number of hydrogen-bond acceptors (Lipinski definition) is 4. The summed E-state index contributed by atoms with van der Waals surface area (Å²) in [6, 6.07) is 30.1. The highest BCUT2D eigenvalue weighted by Crippen LogP contribution is 2.32. The molecule has 1 amide bonds. The predicted octanol–water partition coefficient (Wildman–Crippen LogP) is 8.36. The van der Waals surface area contributed by atoms with Gasteiger partial charge in [-0.2, -0.15) is 0 Å². The van der Waals surface area contributed by atoms with Crippen LogP contribution in [-0.2, 0) is 0 Å². The predicted molar refractivity (Wildman–Crippen MR) is 154 cm³/mol. The standard InChI is InChI=1S/C32H25N3OS/c1-19-8-14-24(21(3)16-19)29-18-26(25-6-4-5-7-27(25)34-29)31(36)33-23-12-10-22(11-13-23)32-35-28-15-9-20(2)17-30(28)37-32/h4-18H,1-3H3,(H,33,36). The number of nitrogens with zero attached hydrogens (tertiary/aromatic N) is 2. The number of aromatic nitrogens is 2. The maximum absolute atomic E-state index is 13.5. The van der Waals surface area contributed by atoms with Crippen molar-refractivity contribution in [3.8, 4) is 21.8 Å². The molecule has 0 spiro atoms. The number of rotatable bonds is 4. The zero-order chi connectivity index (χ0) is 25.5. The lowest BCUT2D eigenvalue weighted by molar-refractivity contribution is 0.102. The smallest absolute Gasteiger partial charge is 0.256 e. The molecule has 2 heterocycles. The fourth-order valence-electron chi connectivity index (χ4n) is 4.65. The Morgan fingerprint density at radius 1 is 0.757 bits per heavy atom. The van der Waals surface area contributed by atoms with Crippen molar-refractivity contribution in [2.45, 2.75) is 20.8 Å². The van der Waals surface area contributed by atoms with Crippen LogP contribution in [0.4, 0.5) is 5.69 Å². The second kappa shape index (κ2) is 9.26. The van der Waals surface area contributed by atoms with Gasteiger partial charge in [-0.15, -0.1) is 11.3 Å². The van der Waals surface area contributed by atoms with Crippen molar-refractivity contribution >= 4 is 44.1 Å². The maximum atomic E-state index is 13.5. The van der Waals surface area contributed by atoms with Crippen LogP contribution in [0.15, 0.2) is 91.0 Å². The van der Waals surface area contributed by atoms with Crippen molar-refractivity contribution in [1.29, 1.82) is 0 Å². The minimum Gasteiger partial charge on any atom is -0.322 e. The Balaban J connectivity index is 1.32. The van der Waals surface area contributed by atoms with E-state index in [1.54, 1.807) is 11.3 Å². The molecule has 0 bridgehead atoms. The van der Waals surface area contributed by atoms with Gasteiger partial charge in [0.05, 0.1) is 27.0 Å². The second-order valence-electron chi connectivity index (χ2n) is 9.41. The van der Waals surface area contributed by atoms with Crippen LogP contribution in [0.5, 0.6) is 0 Å². The number of benzene rings is 4. The lowest BCUT2D eigenvalue weighted by Crippen LogP contribution is -2.13. The molecule has 5 heteroatoms. The summed E-state index contributed by atoms with van der Waals surface area (Å²) >= 11 is 1.68. The van der Waals surface area contributed by atoms with E-state index in [1.807, 2.05) is 54.6 Å². The average molecular weight is 500 g/mol. The van der Waals surface area contributed by atoms with Crippen LogP contribution in [0.25, 0.3) is 42.9 Å². The molecule has 4 nitrogen and oxygen atoms in total. The molecule has 4 aromatic carbocycles. The molecular formula is C32H25N3OS. The first-order valence-corrected chi connectivity index (χ1v) is 13.0. The Hall–Kier alpha value is -4.35. The van der Waals surface area contributed by atoms with Gasteiger partial charge in [0, 0.05) is 22.2 Å². The first-order chi connectivity index (χ1) is 17.9. The van der Waals surface area contributed by atoms with Crippen LogP contribution in [0.1, 0.15) is 27.0 Å². The van der Waals surface area contributed by atoms with Crippen LogP contribution in [0.2, 0.25) is 0 Å². The van der Waals surface area contributed by atoms with Crippen molar-refractivity contribution in [2.24, 2.45) is 0 Å². The molecule has 1 N–H and O–H groups in total. The molecule has 2 aromatic heterocycles. The van der Waals surface area contributed by atoms with Gasteiger partial charge in [0.15, 0.2) is 0 Å². The van der Waals surface area contributed by atoms with Crippen molar-refractivity contribution in [1.82, 2.24) is 9.97 Å². The SMILES string of the molecule is Cc1ccc(-c2cc(C(=O)Nc3ccc(-c4nc5ccc(C)cc5s4)cc3)c3ccccc3n2)c(C)c1. The van der Waals surface area contributed by atoms with Gasteiger partial charge in [0.1, 0.15) is 5.01 Å². The molecule has 0 radical (unpaired) electrons. The minimum atomic E-state index is -0.159. The number of nitrogens with one attached hydrogen (secondary N) is 1. The molecule has 0 saturated heterocycles. The number of pyridine rings is 1. The molecule has 0 aliphatic rings. The van der Waals surface area contributed by atoms with Gasteiger partial charge in [-0.05, 0) is 80.4 Å². The molecule has 180 valence electrons. The minimum absolute atomic E-state index is 0.159. The molecule has 0 unspecified atom stereocenters. The van der Waals surface area contributed by atoms with E-state index in [9.17, 15) is 4.79 Å². The number of hydrogen-bond donors (Lipinski definition) is 1. The largest absolute Gasteiger partial charge is 0.322 e. The van der Waals surface area contributed by atoms with Crippen LogP contribution in [-0.4, -0.2) is 15.9 Å². The number of carbonyl (C=O) groups is 1. The molecule has 0 saturated carbocycles. The summed E-state index contributed by atoms with van der Waals surface area (Å²) in [7, 11) is 0. The van der Waals surface area contributed by atoms with Gasteiger partial charge in [-0.25, -0.2) is 9.97 Å². The number of aryl methyl sites for hydroxylation is 3. The van der Waals surface area contributed by atoms with Gasteiger partial charge in [0.25, 0.3) is 5.91 Å². The highest BCUT2D eigenvalue weighted by molar-refractivity contribution is 7.21. The summed E-state index contributed by atoms with van der Waals surface area (Å²) in [5.41, 5.74) is 9.56. The Labute approximate surface area is 219 Å². The summed E-state index contributed by atoms with van der Waals surface area (Å²) in [5, 5.41) is 4.88. The molecule has 0 atom stereocenters. The summed E-state index contributed by atoms with van der Waals surface area (Å²) in [5.74, 6) is -0.159. The van der Waals surface area contributed by atoms with E-state index in [0.29, 0.717) is 5.56 Å². The van der Waals surface area contributed by atoms with E-state index in [0.717, 1.165) is 49.5 Å². The second-order valence-corrected chi connectivity index (χ2v) is 10.4. The molecular weight excluding hydrogens is 474 g/mol. The van der Waals surface area contributed by atoms with Crippen molar-refractivity contribution in [3.05, 3.63) is 113 Å². The maximum Gasteiger partial charge on any atom is 0.256 e. The summed E-state index contributed by atoms with van der Waals surface area (Å²) < 4.78 is 1.18. The molecule has 6 rings (SSSR count). The van der Waals surface area contributed by atoms with Crippen LogP contribution in [0.3, 0.4) is 0 Å². The lowest BCUT2D eigenvalue weighted by Gasteiger charge is -2.12. The molecule has 0 aliphatic carbocycles.